The van der Waals surface area contributed by atoms with Crippen LogP contribution in [0.25, 0.3) is 11.0 Å². The molecule has 0 saturated carbocycles. The van der Waals surface area contributed by atoms with Crippen LogP contribution in [0.4, 0.5) is 0 Å². The van der Waals surface area contributed by atoms with Crippen LogP contribution in [0.2, 0.25) is 0 Å². The minimum absolute atomic E-state index is 0.0526. The molecule has 1 aromatic carbocycles. The third kappa shape index (κ3) is 3.30. The van der Waals surface area contributed by atoms with Crippen molar-refractivity contribution in [2.24, 2.45) is 5.14 Å². The van der Waals surface area contributed by atoms with Gasteiger partial charge in [-0.05, 0) is 25.1 Å². The van der Waals surface area contributed by atoms with E-state index in [1.807, 2.05) is 18.4 Å². The van der Waals surface area contributed by atoms with Crippen LogP contribution in [-0.4, -0.2) is 28.1 Å². The summed E-state index contributed by atoms with van der Waals surface area (Å²) in [5.41, 5.74) is 1.44. The number of thioether (sulfide) groups is 1. The van der Waals surface area contributed by atoms with Crippen LogP contribution in [0, 0.1) is 0 Å². The fraction of sp³-hybridized carbons (Fsp3) is 0.357. The lowest BCUT2D eigenvalue weighted by Crippen LogP contribution is -2.11. The normalized spacial score (nSPS) is 12.1. The molecule has 0 amide bonds. The van der Waals surface area contributed by atoms with Gasteiger partial charge in [-0.1, -0.05) is 23.8 Å². The zero-order valence-corrected chi connectivity index (χ0v) is 14.9. The molecular formula is C14H17N5O3S2. The van der Waals surface area contributed by atoms with Crippen LogP contribution in [0.15, 0.2) is 32.8 Å². The van der Waals surface area contributed by atoms with Crippen molar-refractivity contribution in [2.75, 3.05) is 0 Å². The first-order chi connectivity index (χ1) is 11.4. The molecule has 0 fully saturated rings. The number of primary sulfonamides is 1. The third-order valence-electron chi connectivity index (χ3n) is 3.48. The highest BCUT2D eigenvalue weighted by Gasteiger charge is 2.15. The summed E-state index contributed by atoms with van der Waals surface area (Å²) in [7, 11) is -3.75. The van der Waals surface area contributed by atoms with Crippen molar-refractivity contribution in [3.8, 4) is 0 Å². The summed E-state index contributed by atoms with van der Waals surface area (Å²) in [6, 6.07) is 4.70. The van der Waals surface area contributed by atoms with Gasteiger partial charge in [0.2, 0.25) is 15.9 Å². The molecule has 0 unspecified atom stereocenters. The van der Waals surface area contributed by atoms with E-state index in [0.717, 1.165) is 17.1 Å². The van der Waals surface area contributed by atoms with E-state index in [2.05, 4.69) is 15.1 Å². The second-order valence-corrected chi connectivity index (χ2v) is 7.58. The van der Waals surface area contributed by atoms with Gasteiger partial charge in [0.1, 0.15) is 0 Å². The molecule has 10 heteroatoms. The Morgan fingerprint density at radius 1 is 1.29 bits per heavy atom. The van der Waals surface area contributed by atoms with Crippen LogP contribution in [0.5, 0.6) is 0 Å². The van der Waals surface area contributed by atoms with Crippen LogP contribution in [0.1, 0.15) is 25.6 Å². The van der Waals surface area contributed by atoms with Crippen molar-refractivity contribution in [3.05, 3.63) is 29.9 Å². The van der Waals surface area contributed by atoms with Crippen molar-refractivity contribution in [2.45, 2.75) is 42.6 Å². The van der Waals surface area contributed by atoms with Gasteiger partial charge in [-0.25, -0.2) is 18.5 Å². The molecule has 128 valence electrons. The lowest BCUT2D eigenvalue weighted by molar-refractivity contribution is 0.385. The van der Waals surface area contributed by atoms with E-state index in [9.17, 15) is 8.42 Å². The standard InChI is InChI=1S/C14H17N5O3S2/c1-3-12-17-13(22-18-12)8-23-14-16-10-7-9(24(15,20)21)5-6-11(10)19(14)4-2/h5-7H,3-4,8H2,1-2H3,(H2,15,20,21). The highest BCUT2D eigenvalue weighted by Crippen LogP contribution is 2.27. The summed E-state index contributed by atoms with van der Waals surface area (Å²) in [6.45, 7) is 4.67. The highest BCUT2D eigenvalue weighted by atomic mass is 32.2. The molecule has 0 bridgehead atoms. The maximum atomic E-state index is 11.5. The van der Waals surface area contributed by atoms with Crippen LogP contribution in [-0.2, 0) is 28.7 Å². The SMILES string of the molecule is CCc1noc(CSc2nc3cc(S(N)(=O)=O)ccc3n2CC)n1. The van der Waals surface area contributed by atoms with E-state index in [0.29, 0.717) is 29.5 Å². The number of hydrogen-bond acceptors (Lipinski definition) is 7. The number of fused-ring (bicyclic) bond motifs is 1. The van der Waals surface area contributed by atoms with Gasteiger partial charge in [0.25, 0.3) is 0 Å². The summed E-state index contributed by atoms with van der Waals surface area (Å²) < 4.78 is 30.2. The summed E-state index contributed by atoms with van der Waals surface area (Å²) in [5, 5.41) is 9.80. The first-order valence-electron chi connectivity index (χ1n) is 7.39. The molecule has 3 rings (SSSR count). The smallest absolute Gasteiger partial charge is 0.238 e. The molecular weight excluding hydrogens is 350 g/mol. The third-order valence-corrected chi connectivity index (χ3v) is 5.35. The molecule has 2 N–H and O–H groups in total. The van der Waals surface area contributed by atoms with Crippen molar-refractivity contribution in [1.82, 2.24) is 19.7 Å². The van der Waals surface area contributed by atoms with E-state index in [4.69, 9.17) is 9.66 Å². The molecule has 0 aliphatic heterocycles. The van der Waals surface area contributed by atoms with Gasteiger partial charge in [0, 0.05) is 13.0 Å². The molecule has 0 spiro atoms. The number of nitrogens with zero attached hydrogens (tertiary/aromatic N) is 4. The van der Waals surface area contributed by atoms with Crippen molar-refractivity contribution < 1.29 is 12.9 Å². The summed E-state index contributed by atoms with van der Waals surface area (Å²) in [5.74, 6) is 1.71. The number of hydrogen-bond donors (Lipinski definition) is 1. The number of rotatable bonds is 6. The Balaban J connectivity index is 1.92. The first-order valence-corrected chi connectivity index (χ1v) is 9.93. The number of imidazole rings is 1. The quantitative estimate of drug-likeness (QED) is 0.662. The van der Waals surface area contributed by atoms with E-state index in [-0.39, 0.29) is 4.90 Å². The monoisotopic (exact) mass is 367 g/mol. The zero-order chi connectivity index (χ0) is 17.3. The van der Waals surface area contributed by atoms with E-state index in [1.165, 1.54) is 23.9 Å². The largest absolute Gasteiger partial charge is 0.338 e. The predicted molar refractivity (Wildman–Crippen MR) is 90.0 cm³/mol. The average Bonchev–Trinajstić information content (AvgIpc) is 3.14. The summed E-state index contributed by atoms with van der Waals surface area (Å²) in [6.07, 6.45) is 0.720. The summed E-state index contributed by atoms with van der Waals surface area (Å²) in [4.78, 5) is 8.84. The molecule has 8 nitrogen and oxygen atoms in total. The highest BCUT2D eigenvalue weighted by molar-refractivity contribution is 7.98. The molecule has 24 heavy (non-hydrogen) atoms. The van der Waals surface area contributed by atoms with Crippen molar-refractivity contribution in [1.29, 1.82) is 0 Å². The van der Waals surface area contributed by atoms with Gasteiger partial charge in [-0.15, -0.1) is 0 Å². The van der Waals surface area contributed by atoms with Crippen LogP contribution < -0.4 is 5.14 Å². The van der Waals surface area contributed by atoms with E-state index < -0.39 is 10.0 Å². The Labute approximate surface area is 143 Å². The second-order valence-electron chi connectivity index (χ2n) is 5.08. The number of benzene rings is 1. The van der Waals surface area contributed by atoms with Gasteiger partial charge < -0.3 is 9.09 Å². The van der Waals surface area contributed by atoms with E-state index >= 15 is 0 Å². The zero-order valence-electron chi connectivity index (χ0n) is 13.3. The van der Waals surface area contributed by atoms with Gasteiger partial charge in [-0.2, -0.15) is 4.98 Å². The molecule has 0 aliphatic carbocycles. The number of nitrogens with two attached hydrogens (primary N) is 1. The van der Waals surface area contributed by atoms with Crippen LogP contribution >= 0.6 is 11.8 Å². The van der Waals surface area contributed by atoms with Gasteiger partial charge in [0.15, 0.2) is 11.0 Å². The maximum Gasteiger partial charge on any atom is 0.238 e. The Bertz CT molecular complexity index is 978. The summed E-state index contributed by atoms with van der Waals surface area (Å²) >= 11 is 1.46. The van der Waals surface area contributed by atoms with Crippen molar-refractivity contribution in [3.63, 3.8) is 0 Å². The second kappa shape index (κ2) is 6.54. The molecule has 2 aromatic heterocycles. The molecule has 0 radical (unpaired) electrons. The Morgan fingerprint density at radius 3 is 2.71 bits per heavy atom. The molecule has 0 aliphatic rings. The van der Waals surface area contributed by atoms with E-state index in [1.54, 1.807) is 6.07 Å². The Kier molecular flexibility index (Phi) is 4.61. The molecule has 0 saturated heterocycles. The predicted octanol–water partition coefficient (Wildman–Crippen LogP) is 1.94. The lowest BCUT2D eigenvalue weighted by atomic mass is 10.3. The molecule has 0 atom stereocenters. The minimum atomic E-state index is -3.75. The average molecular weight is 367 g/mol. The first kappa shape index (κ1) is 16.9. The Hall–Kier alpha value is -1.91. The molecule has 2 heterocycles. The lowest BCUT2D eigenvalue weighted by Gasteiger charge is -2.04. The van der Waals surface area contributed by atoms with Crippen LogP contribution in [0.3, 0.4) is 0 Å². The van der Waals surface area contributed by atoms with Gasteiger partial charge >= 0.3 is 0 Å². The number of aryl methyl sites for hydroxylation is 2. The van der Waals surface area contributed by atoms with Crippen molar-refractivity contribution >= 4 is 32.8 Å². The number of sulfonamides is 1. The topological polar surface area (TPSA) is 117 Å². The fourth-order valence-electron chi connectivity index (χ4n) is 2.30. The van der Waals surface area contributed by atoms with Gasteiger partial charge in [0.05, 0.1) is 21.7 Å². The Morgan fingerprint density at radius 2 is 2.08 bits per heavy atom. The fourth-order valence-corrected chi connectivity index (χ4v) is 3.75. The number of aromatic nitrogens is 4. The maximum absolute atomic E-state index is 11.5. The van der Waals surface area contributed by atoms with Gasteiger partial charge in [-0.3, -0.25) is 0 Å². The minimum Gasteiger partial charge on any atom is -0.338 e. The molecule has 3 aromatic rings.